The first-order valence-electron chi connectivity index (χ1n) is 6.60. The Bertz CT molecular complexity index is 258. The number of carbonyl (C=O) groups is 1. The van der Waals surface area contributed by atoms with E-state index in [9.17, 15) is 4.79 Å². The van der Waals surface area contributed by atoms with Crippen LogP contribution in [0.4, 0.5) is 0 Å². The maximum Gasteiger partial charge on any atom is 0.241 e. The van der Waals surface area contributed by atoms with Gasteiger partial charge >= 0.3 is 0 Å². The summed E-state index contributed by atoms with van der Waals surface area (Å²) in [4.78, 5) is 14.3. The molecule has 0 bridgehead atoms. The van der Waals surface area contributed by atoms with Crippen LogP contribution in [0.5, 0.6) is 0 Å². The van der Waals surface area contributed by atoms with Gasteiger partial charge in [-0.2, -0.15) is 11.8 Å². The molecule has 0 aromatic carbocycles. The molecule has 1 aliphatic heterocycles. The Labute approximate surface area is 110 Å². The Kier molecular flexibility index (Phi) is 5.80. The van der Waals surface area contributed by atoms with Crippen LogP contribution >= 0.6 is 11.8 Å². The van der Waals surface area contributed by atoms with Crippen LogP contribution in [0.1, 0.15) is 40.5 Å². The Morgan fingerprint density at radius 3 is 2.53 bits per heavy atom. The maximum absolute atomic E-state index is 12.3. The third-order valence-corrected chi connectivity index (χ3v) is 4.57. The monoisotopic (exact) mass is 258 g/mol. The summed E-state index contributed by atoms with van der Waals surface area (Å²) in [5.41, 5.74) is 0. The highest BCUT2D eigenvalue weighted by atomic mass is 32.2. The summed E-state index contributed by atoms with van der Waals surface area (Å²) in [6, 6.07) is 0.0181. The number of thioether (sulfide) groups is 1. The van der Waals surface area contributed by atoms with Crippen LogP contribution < -0.4 is 5.32 Å². The first kappa shape index (κ1) is 14.8. The zero-order valence-electron chi connectivity index (χ0n) is 11.7. The molecule has 1 heterocycles. The molecular weight excluding hydrogens is 232 g/mol. The Morgan fingerprint density at radius 1 is 1.41 bits per heavy atom. The van der Waals surface area contributed by atoms with E-state index in [1.165, 1.54) is 0 Å². The lowest BCUT2D eigenvalue weighted by atomic mass is 10.1. The molecule has 3 atom stereocenters. The number of rotatable bonds is 6. The number of hydrogen-bond donors (Lipinski definition) is 1. The van der Waals surface area contributed by atoms with Gasteiger partial charge in [0.25, 0.3) is 0 Å². The molecule has 1 N–H and O–H groups in total. The standard InChI is InChI=1S/C13H26N2OS/c1-6-11-14-12(9(2)3)13(16)15(11)8-7-10(4)17-5/h9-12,14H,6-8H2,1-5H3. The average Bonchev–Trinajstić information content (AvgIpc) is 2.63. The number of amides is 1. The summed E-state index contributed by atoms with van der Waals surface area (Å²) in [5, 5.41) is 4.07. The van der Waals surface area contributed by atoms with Gasteiger partial charge in [-0.05, 0) is 25.0 Å². The number of nitrogens with zero attached hydrogens (tertiary/aromatic N) is 1. The number of nitrogens with one attached hydrogen (secondary N) is 1. The largest absolute Gasteiger partial charge is 0.326 e. The van der Waals surface area contributed by atoms with Crippen molar-refractivity contribution < 1.29 is 4.79 Å². The molecule has 100 valence electrons. The van der Waals surface area contributed by atoms with Crippen LogP contribution in [0.3, 0.4) is 0 Å². The Balaban J connectivity index is 2.59. The van der Waals surface area contributed by atoms with Gasteiger partial charge in [-0.3, -0.25) is 10.1 Å². The molecule has 0 aromatic heterocycles. The first-order chi connectivity index (χ1) is 8.01. The molecule has 1 fully saturated rings. The van der Waals surface area contributed by atoms with Crippen LogP contribution in [0.2, 0.25) is 0 Å². The SMILES string of the molecule is CCC1NC(C(C)C)C(=O)N1CCC(C)SC. The van der Waals surface area contributed by atoms with Crippen LogP contribution in [0.15, 0.2) is 0 Å². The quantitative estimate of drug-likeness (QED) is 0.793. The van der Waals surface area contributed by atoms with E-state index >= 15 is 0 Å². The van der Waals surface area contributed by atoms with Gasteiger partial charge in [0.15, 0.2) is 0 Å². The van der Waals surface area contributed by atoms with Gasteiger partial charge in [0.05, 0.1) is 12.2 Å². The zero-order valence-corrected chi connectivity index (χ0v) is 12.5. The normalized spacial score (nSPS) is 26.9. The van der Waals surface area contributed by atoms with Crippen molar-refractivity contribution in [1.82, 2.24) is 10.2 Å². The second-order valence-corrected chi connectivity index (χ2v) is 6.46. The van der Waals surface area contributed by atoms with Gasteiger partial charge in [0, 0.05) is 11.8 Å². The van der Waals surface area contributed by atoms with Crippen molar-refractivity contribution >= 4 is 17.7 Å². The molecule has 1 saturated heterocycles. The van der Waals surface area contributed by atoms with Gasteiger partial charge < -0.3 is 4.90 Å². The molecule has 4 heteroatoms. The van der Waals surface area contributed by atoms with Crippen LogP contribution in [-0.2, 0) is 4.79 Å². The predicted molar refractivity (Wildman–Crippen MR) is 75.1 cm³/mol. The lowest BCUT2D eigenvalue weighted by Crippen LogP contribution is -2.38. The smallest absolute Gasteiger partial charge is 0.241 e. The fourth-order valence-electron chi connectivity index (χ4n) is 2.22. The second kappa shape index (κ2) is 6.64. The van der Waals surface area contributed by atoms with Gasteiger partial charge in [-0.25, -0.2) is 0 Å². The lowest BCUT2D eigenvalue weighted by Gasteiger charge is -2.24. The molecule has 0 spiro atoms. The van der Waals surface area contributed by atoms with E-state index in [0.29, 0.717) is 17.1 Å². The van der Waals surface area contributed by atoms with Crippen molar-refractivity contribution in [2.75, 3.05) is 12.8 Å². The highest BCUT2D eigenvalue weighted by Crippen LogP contribution is 2.20. The molecule has 0 saturated carbocycles. The van der Waals surface area contributed by atoms with E-state index in [0.717, 1.165) is 19.4 Å². The maximum atomic E-state index is 12.3. The molecule has 0 aromatic rings. The van der Waals surface area contributed by atoms with Crippen molar-refractivity contribution in [1.29, 1.82) is 0 Å². The topological polar surface area (TPSA) is 32.3 Å². The summed E-state index contributed by atoms with van der Waals surface area (Å²) in [6.07, 6.45) is 4.44. The molecule has 3 nitrogen and oxygen atoms in total. The van der Waals surface area contributed by atoms with E-state index in [2.05, 4.69) is 39.3 Å². The van der Waals surface area contributed by atoms with Crippen LogP contribution in [-0.4, -0.2) is 41.1 Å². The number of carbonyl (C=O) groups excluding carboxylic acids is 1. The van der Waals surface area contributed by atoms with Gasteiger partial charge in [-0.15, -0.1) is 0 Å². The van der Waals surface area contributed by atoms with E-state index in [-0.39, 0.29) is 12.2 Å². The van der Waals surface area contributed by atoms with Crippen molar-refractivity contribution in [2.24, 2.45) is 5.92 Å². The van der Waals surface area contributed by atoms with Crippen molar-refractivity contribution in [3.8, 4) is 0 Å². The third-order valence-electron chi connectivity index (χ3n) is 3.53. The summed E-state index contributed by atoms with van der Waals surface area (Å²) in [7, 11) is 0. The summed E-state index contributed by atoms with van der Waals surface area (Å²) in [5.74, 6) is 0.666. The van der Waals surface area contributed by atoms with Crippen LogP contribution in [0, 0.1) is 5.92 Å². The van der Waals surface area contributed by atoms with Crippen molar-refractivity contribution in [3.63, 3.8) is 0 Å². The van der Waals surface area contributed by atoms with Crippen molar-refractivity contribution in [2.45, 2.75) is 58.0 Å². The predicted octanol–water partition coefficient (Wildman–Crippen LogP) is 2.32. The molecule has 0 radical (unpaired) electrons. The van der Waals surface area contributed by atoms with Gasteiger partial charge in [0.2, 0.25) is 5.91 Å². The minimum Gasteiger partial charge on any atom is -0.326 e. The minimum absolute atomic E-state index is 0.0181. The van der Waals surface area contributed by atoms with E-state index < -0.39 is 0 Å². The second-order valence-electron chi connectivity index (χ2n) is 5.18. The fraction of sp³-hybridized carbons (Fsp3) is 0.923. The van der Waals surface area contributed by atoms with E-state index in [4.69, 9.17) is 0 Å². The first-order valence-corrected chi connectivity index (χ1v) is 7.89. The molecule has 3 unspecified atom stereocenters. The molecule has 17 heavy (non-hydrogen) atoms. The molecule has 1 amide bonds. The molecule has 1 rings (SSSR count). The van der Waals surface area contributed by atoms with Gasteiger partial charge in [-0.1, -0.05) is 27.7 Å². The minimum atomic E-state index is 0.0181. The Morgan fingerprint density at radius 2 is 2.06 bits per heavy atom. The Hall–Kier alpha value is -0.220. The van der Waals surface area contributed by atoms with E-state index in [1.807, 2.05) is 16.7 Å². The summed E-state index contributed by atoms with van der Waals surface area (Å²) >= 11 is 1.87. The molecule has 1 aliphatic rings. The van der Waals surface area contributed by atoms with Crippen LogP contribution in [0.25, 0.3) is 0 Å². The highest BCUT2D eigenvalue weighted by Gasteiger charge is 2.38. The summed E-state index contributed by atoms with van der Waals surface area (Å²) in [6.45, 7) is 9.46. The zero-order chi connectivity index (χ0) is 13.0. The molecular formula is C13H26N2OS. The fourth-order valence-corrected chi connectivity index (χ4v) is 2.56. The van der Waals surface area contributed by atoms with E-state index in [1.54, 1.807) is 0 Å². The average molecular weight is 258 g/mol. The lowest BCUT2D eigenvalue weighted by molar-refractivity contribution is -0.130. The summed E-state index contributed by atoms with van der Waals surface area (Å²) < 4.78 is 0. The van der Waals surface area contributed by atoms with Gasteiger partial charge in [0.1, 0.15) is 0 Å². The molecule has 0 aliphatic carbocycles. The van der Waals surface area contributed by atoms with Crippen molar-refractivity contribution in [3.05, 3.63) is 0 Å². The highest BCUT2D eigenvalue weighted by molar-refractivity contribution is 7.99. The number of hydrogen-bond acceptors (Lipinski definition) is 3. The third kappa shape index (κ3) is 3.62.